The van der Waals surface area contributed by atoms with Gasteiger partial charge in [-0.15, -0.1) is 0 Å². The standard InChI is InChI=1S/C32H36ClFN6O2/c33-26-8-6-7-20-15-23(41)16-24(27(20)26)29-28(34)30-25(17-35-29)31(40-18-21-9-10-22(19-40)36-21)38-32(37-30)42-14-5-1-2-11-39-12-3-4-13-39/h6-8,15-17,21-22,36,41H,1-5,9-14,18-19H2. The molecular formula is C32H36ClFN6O2. The Balaban J connectivity index is 1.22. The second kappa shape index (κ2) is 11.8. The molecule has 2 atom stereocenters. The van der Waals surface area contributed by atoms with Crippen LogP contribution in [0.15, 0.2) is 36.5 Å². The lowest BCUT2D eigenvalue weighted by molar-refractivity contribution is 0.274. The van der Waals surface area contributed by atoms with Crippen molar-refractivity contribution >= 4 is 39.1 Å². The summed E-state index contributed by atoms with van der Waals surface area (Å²) in [6.07, 6.45) is 9.58. The molecule has 2 aromatic carbocycles. The predicted octanol–water partition coefficient (Wildman–Crippen LogP) is 5.93. The Morgan fingerprint density at radius 1 is 1.05 bits per heavy atom. The molecule has 10 heteroatoms. The zero-order valence-electron chi connectivity index (χ0n) is 23.7. The molecule has 5 heterocycles. The lowest BCUT2D eigenvalue weighted by Crippen LogP contribution is -2.51. The van der Waals surface area contributed by atoms with Crippen LogP contribution in [0.2, 0.25) is 5.02 Å². The fourth-order valence-corrected chi connectivity index (χ4v) is 7.11. The Kier molecular flexibility index (Phi) is 7.73. The molecular weight excluding hydrogens is 555 g/mol. The number of hydrogen-bond donors (Lipinski definition) is 2. The molecule has 2 aromatic heterocycles. The summed E-state index contributed by atoms with van der Waals surface area (Å²) in [6, 6.07) is 9.43. The van der Waals surface area contributed by atoms with Crippen molar-refractivity contribution in [1.82, 2.24) is 25.2 Å². The van der Waals surface area contributed by atoms with Gasteiger partial charge in [-0.3, -0.25) is 4.98 Å². The van der Waals surface area contributed by atoms with Crippen molar-refractivity contribution in [2.24, 2.45) is 0 Å². The average Bonchev–Trinajstić information content (AvgIpc) is 3.63. The SMILES string of the molecule is Oc1cc(-c2ncc3c(N4CC5CCC(C4)N5)nc(OCCCCCN4CCCC4)nc3c2F)c2c(Cl)cccc2c1. The number of likely N-dealkylation sites (tertiary alicyclic amines) is 1. The lowest BCUT2D eigenvalue weighted by atomic mass is 10.00. The smallest absolute Gasteiger partial charge is 0.319 e. The summed E-state index contributed by atoms with van der Waals surface area (Å²) in [5.74, 6) is 0.0743. The molecule has 0 amide bonds. The maximum absolute atomic E-state index is 16.5. The van der Waals surface area contributed by atoms with Crippen molar-refractivity contribution in [2.45, 2.75) is 57.0 Å². The highest BCUT2D eigenvalue weighted by molar-refractivity contribution is 6.36. The number of ether oxygens (including phenoxy) is 1. The van der Waals surface area contributed by atoms with Crippen LogP contribution in [-0.2, 0) is 0 Å². The molecule has 4 aromatic rings. The number of phenols is 1. The minimum Gasteiger partial charge on any atom is -0.508 e. The van der Waals surface area contributed by atoms with Gasteiger partial charge in [-0.2, -0.15) is 9.97 Å². The van der Waals surface area contributed by atoms with Crippen molar-refractivity contribution in [2.75, 3.05) is 44.2 Å². The fourth-order valence-electron chi connectivity index (χ4n) is 6.82. The first kappa shape index (κ1) is 27.6. The number of halogens is 2. The number of unbranched alkanes of at least 4 members (excludes halogenated alkanes) is 2. The van der Waals surface area contributed by atoms with E-state index in [1.165, 1.54) is 32.0 Å². The number of fused-ring (bicyclic) bond motifs is 4. The Hall–Kier alpha value is -3.27. The topological polar surface area (TPSA) is 86.6 Å². The molecule has 3 aliphatic rings. The minimum atomic E-state index is -0.587. The highest BCUT2D eigenvalue weighted by Crippen LogP contribution is 2.39. The first-order valence-electron chi connectivity index (χ1n) is 15.2. The van der Waals surface area contributed by atoms with E-state index in [4.69, 9.17) is 21.3 Å². The average molecular weight is 591 g/mol. The van der Waals surface area contributed by atoms with E-state index in [1.54, 1.807) is 24.4 Å². The maximum Gasteiger partial charge on any atom is 0.319 e. The minimum absolute atomic E-state index is 0.00878. The van der Waals surface area contributed by atoms with Crippen LogP contribution in [0.1, 0.15) is 44.9 Å². The molecule has 42 heavy (non-hydrogen) atoms. The van der Waals surface area contributed by atoms with Crippen molar-refractivity contribution in [3.8, 4) is 23.0 Å². The molecule has 7 rings (SSSR count). The van der Waals surface area contributed by atoms with E-state index in [9.17, 15) is 5.11 Å². The Labute approximate surface area is 249 Å². The monoisotopic (exact) mass is 590 g/mol. The van der Waals surface area contributed by atoms with Crippen molar-refractivity contribution in [1.29, 1.82) is 0 Å². The van der Waals surface area contributed by atoms with Crippen LogP contribution >= 0.6 is 11.6 Å². The number of aromatic nitrogens is 3. The maximum atomic E-state index is 16.5. The van der Waals surface area contributed by atoms with E-state index in [1.807, 2.05) is 6.07 Å². The van der Waals surface area contributed by atoms with Gasteiger partial charge < -0.3 is 25.0 Å². The molecule has 3 aliphatic heterocycles. The molecule has 0 spiro atoms. The van der Waals surface area contributed by atoms with E-state index in [-0.39, 0.29) is 23.0 Å². The fraction of sp³-hybridized carbons (Fsp3) is 0.469. The molecule has 220 valence electrons. The normalized spacial score (nSPS) is 20.7. The van der Waals surface area contributed by atoms with E-state index < -0.39 is 5.82 Å². The highest BCUT2D eigenvalue weighted by atomic mass is 35.5. The number of nitrogens with zero attached hydrogens (tertiary/aromatic N) is 5. The Morgan fingerprint density at radius 3 is 2.67 bits per heavy atom. The van der Waals surface area contributed by atoms with Gasteiger partial charge in [0.25, 0.3) is 0 Å². The van der Waals surface area contributed by atoms with Crippen LogP contribution in [0.25, 0.3) is 32.9 Å². The quantitative estimate of drug-likeness (QED) is 0.232. The predicted molar refractivity (Wildman–Crippen MR) is 164 cm³/mol. The molecule has 0 aliphatic carbocycles. The number of benzene rings is 2. The summed E-state index contributed by atoms with van der Waals surface area (Å²) in [5.41, 5.74) is 0.647. The summed E-state index contributed by atoms with van der Waals surface area (Å²) in [5, 5.41) is 16.4. The molecule has 8 nitrogen and oxygen atoms in total. The van der Waals surface area contributed by atoms with Gasteiger partial charge in [-0.1, -0.05) is 23.7 Å². The van der Waals surface area contributed by atoms with Gasteiger partial charge in [-0.05, 0) is 88.2 Å². The second-order valence-electron chi connectivity index (χ2n) is 11.8. The second-order valence-corrected chi connectivity index (χ2v) is 12.3. The third-order valence-corrected chi connectivity index (χ3v) is 9.19. The first-order valence-corrected chi connectivity index (χ1v) is 15.6. The number of phenolic OH excluding ortho intramolecular Hbond substituents is 1. The molecule has 3 fully saturated rings. The van der Waals surface area contributed by atoms with Crippen molar-refractivity contribution in [3.05, 3.63) is 47.4 Å². The number of hydrogen-bond acceptors (Lipinski definition) is 8. The van der Waals surface area contributed by atoms with Crippen molar-refractivity contribution < 1.29 is 14.2 Å². The highest BCUT2D eigenvalue weighted by Gasteiger charge is 2.34. The van der Waals surface area contributed by atoms with Crippen LogP contribution in [-0.4, -0.2) is 76.4 Å². The molecule has 2 N–H and O–H groups in total. The van der Waals surface area contributed by atoms with Crippen LogP contribution in [0.3, 0.4) is 0 Å². The van der Waals surface area contributed by atoms with Gasteiger partial charge in [0, 0.05) is 47.3 Å². The number of anilines is 1. The zero-order chi connectivity index (χ0) is 28.6. The van der Waals surface area contributed by atoms with Crippen LogP contribution in [0.4, 0.5) is 10.2 Å². The van der Waals surface area contributed by atoms with Crippen molar-refractivity contribution in [3.63, 3.8) is 0 Å². The van der Waals surface area contributed by atoms with E-state index in [0.717, 1.165) is 51.7 Å². The lowest BCUT2D eigenvalue weighted by Gasteiger charge is -2.34. The number of pyridine rings is 1. The van der Waals surface area contributed by atoms with Gasteiger partial charge in [0.15, 0.2) is 5.82 Å². The number of rotatable bonds is 9. The third kappa shape index (κ3) is 5.45. The number of aromatic hydroxyl groups is 1. The van der Waals surface area contributed by atoms with Crippen LogP contribution < -0.4 is 15.0 Å². The third-order valence-electron chi connectivity index (χ3n) is 8.87. The van der Waals surface area contributed by atoms with Gasteiger partial charge in [0.2, 0.25) is 0 Å². The van der Waals surface area contributed by atoms with Gasteiger partial charge in [-0.25, -0.2) is 4.39 Å². The largest absolute Gasteiger partial charge is 0.508 e. The summed E-state index contributed by atoms with van der Waals surface area (Å²) >= 11 is 6.56. The summed E-state index contributed by atoms with van der Waals surface area (Å²) in [6.45, 7) is 5.61. The summed E-state index contributed by atoms with van der Waals surface area (Å²) in [4.78, 5) is 18.7. The van der Waals surface area contributed by atoms with Gasteiger partial charge in [0.1, 0.15) is 22.8 Å². The van der Waals surface area contributed by atoms with Gasteiger partial charge >= 0.3 is 6.01 Å². The molecule has 2 unspecified atom stereocenters. The van der Waals surface area contributed by atoms with E-state index >= 15 is 4.39 Å². The molecule has 3 saturated heterocycles. The summed E-state index contributed by atoms with van der Waals surface area (Å²) < 4.78 is 22.6. The summed E-state index contributed by atoms with van der Waals surface area (Å²) in [7, 11) is 0. The number of piperazine rings is 1. The van der Waals surface area contributed by atoms with E-state index in [2.05, 4.69) is 25.1 Å². The zero-order valence-corrected chi connectivity index (χ0v) is 24.4. The first-order chi connectivity index (χ1) is 20.5. The molecule has 0 radical (unpaired) electrons. The molecule has 2 bridgehead atoms. The van der Waals surface area contributed by atoms with Crippen LogP contribution in [0, 0.1) is 5.82 Å². The number of nitrogens with one attached hydrogen (secondary N) is 1. The Morgan fingerprint density at radius 2 is 1.86 bits per heavy atom. The van der Waals surface area contributed by atoms with Gasteiger partial charge in [0.05, 0.1) is 12.0 Å². The van der Waals surface area contributed by atoms with Crippen LogP contribution in [0.5, 0.6) is 11.8 Å². The van der Waals surface area contributed by atoms with E-state index in [0.29, 0.717) is 51.3 Å². The Bertz CT molecular complexity index is 1600. The molecule has 0 saturated carbocycles.